The number of carbonyl (C=O) groups excluding carboxylic acids is 2. The highest BCUT2D eigenvalue weighted by Crippen LogP contribution is 2.15. The first-order valence-electron chi connectivity index (χ1n) is 6.64. The number of hydrogen-bond donors (Lipinski definition) is 3. The molecule has 0 aliphatic heterocycles. The van der Waals surface area contributed by atoms with E-state index in [2.05, 4.69) is 10.6 Å². The maximum Gasteiger partial charge on any atom is 0.253 e. The molecule has 0 saturated heterocycles. The van der Waals surface area contributed by atoms with Crippen molar-refractivity contribution < 1.29 is 14.3 Å². The molecule has 0 spiro atoms. The summed E-state index contributed by atoms with van der Waals surface area (Å²) in [6.07, 6.45) is 0.257. The minimum absolute atomic E-state index is 0.183. The van der Waals surface area contributed by atoms with E-state index in [-0.39, 0.29) is 18.2 Å². The van der Waals surface area contributed by atoms with Gasteiger partial charge in [0.05, 0.1) is 24.3 Å². The molecule has 20 heavy (non-hydrogen) atoms. The standard InChI is InChI=1S/C14H21N3O3/c1-2-20-10-7-13(18)17-12-6-4-3-5-11(12)14(19)16-9-8-15/h3-6H,2,7-10,15H2,1H3,(H,16,19)(H,17,18). The maximum absolute atomic E-state index is 11.9. The third-order valence-electron chi connectivity index (χ3n) is 2.55. The largest absolute Gasteiger partial charge is 0.381 e. The lowest BCUT2D eigenvalue weighted by molar-refractivity contribution is -0.117. The predicted molar refractivity (Wildman–Crippen MR) is 77.6 cm³/mol. The van der Waals surface area contributed by atoms with Crippen LogP contribution in [0.1, 0.15) is 23.7 Å². The van der Waals surface area contributed by atoms with Crippen molar-refractivity contribution in [1.29, 1.82) is 0 Å². The van der Waals surface area contributed by atoms with Crippen molar-refractivity contribution in [2.75, 3.05) is 31.6 Å². The molecular weight excluding hydrogens is 258 g/mol. The quantitative estimate of drug-likeness (QED) is 0.612. The third kappa shape index (κ3) is 5.38. The molecular formula is C14H21N3O3. The molecule has 1 aromatic carbocycles. The van der Waals surface area contributed by atoms with Crippen LogP contribution in [0.3, 0.4) is 0 Å². The Morgan fingerprint density at radius 3 is 2.75 bits per heavy atom. The molecule has 2 amide bonds. The van der Waals surface area contributed by atoms with Crippen LogP contribution in [0, 0.1) is 0 Å². The van der Waals surface area contributed by atoms with Gasteiger partial charge in [-0.2, -0.15) is 0 Å². The van der Waals surface area contributed by atoms with Crippen molar-refractivity contribution >= 4 is 17.5 Å². The molecule has 0 heterocycles. The Morgan fingerprint density at radius 2 is 2.05 bits per heavy atom. The summed E-state index contributed by atoms with van der Waals surface area (Å²) in [5.74, 6) is -0.436. The molecule has 0 aromatic heterocycles. The van der Waals surface area contributed by atoms with E-state index >= 15 is 0 Å². The van der Waals surface area contributed by atoms with E-state index in [1.165, 1.54) is 0 Å². The Kier molecular flexibility index (Phi) is 7.31. The average molecular weight is 279 g/mol. The van der Waals surface area contributed by atoms with Gasteiger partial charge in [0.25, 0.3) is 5.91 Å². The number of anilines is 1. The van der Waals surface area contributed by atoms with Gasteiger partial charge in [0.1, 0.15) is 0 Å². The van der Waals surface area contributed by atoms with Crippen molar-refractivity contribution in [3.8, 4) is 0 Å². The van der Waals surface area contributed by atoms with Gasteiger partial charge in [0.15, 0.2) is 0 Å². The Bertz CT molecular complexity index is 449. The molecule has 0 atom stereocenters. The molecule has 1 aromatic rings. The summed E-state index contributed by atoms with van der Waals surface area (Å²) >= 11 is 0. The number of nitrogens with one attached hydrogen (secondary N) is 2. The zero-order chi connectivity index (χ0) is 14.8. The highest BCUT2D eigenvalue weighted by Gasteiger charge is 2.12. The number of nitrogens with two attached hydrogens (primary N) is 1. The minimum atomic E-state index is -0.254. The SMILES string of the molecule is CCOCCC(=O)Nc1ccccc1C(=O)NCCN. The van der Waals surface area contributed by atoms with Gasteiger partial charge in [-0.25, -0.2) is 0 Å². The second-order valence-electron chi connectivity index (χ2n) is 4.09. The first-order chi connectivity index (χ1) is 9.69. The van der Waals surface area contributed by atoms with Crippen LogP contribution in [-0.2, 0) is 9.53 Å². The van der Waals surface area contributed by atoms with Gasteiger partial charge < -0.3 is 21.1 Å². The molecule has 6 nitrogen and oxygen atoms in total. The average Bonchev–Trinajstić information content (AvgIpc) is 2.45. The second-order valence-corrected chi connectivity index (χ2v) is 4.09. The van der Waals surface area contributed by atoms with Crippen molar-refractivity contribution in [3.63, 3.8) is 0 Å². The Hall–Kier alpha value is -1.92. The van der Waals surface area contributed by atoms with Gasteiger partial charge in [-0.1, -0.05) is 12.1 Å². The molecule has 6 heteroatoms. The lowest BCUT2D eigenvalue weighted by Gasteiger charge is -2.11. The summed E-state index contributed by atoms with van der Waals surface area (Å²) in [5.41, 5.74) is 6.25. The van der Waals surface area contributed by atoms with Gasteiger partial charge in [-0.3, -0.25) is 9.59 Å². The summed E-state index contributed by atoms with van der Waals surface area (Å²) in [6.45, 7) is 3.57. The Labute approximate surface area is 118 Å². The van der Waals surface area contributed by atoms with Crippen LogP contribution < -0.4 is 16.4 Å². The normalized spacial score (nSPS) is 10.1. The van der Waals surface area contributed by atoms with Gasteiger partial charge in [-0.15, -0.1) is 0 Å². The van der Waals surface area contributed by atoms with E-state index < -0.39 is 0 Å². The van der Waals surface area contributed by atoms with Crippen molar-refractivity contribution in [2.24, 2.45) is 5.73 Å². The van der Waals surface area contributed by atoms with Crippen LogP contribution in [-0.4, -0.2) is 38.1 Å². The van der Waals surface area contributed by atoms with Gasteiger partial charge in [0, 0.05) is 19.7 Å². The Morgan fingerprint density at radius 1 is 1.30 bits per heavy atom. The lowest BCUT2D eigenvalue weighted by Crippen LogP contribution is -2.30. The van der Waals surface area contributed by atoms with E-state index in [0.717, 1.165) is 0 Å². The summed E-state index contributed by atoms with van der Waals surface area (Å²) in [5, 5.41) is 5.39. The lowest BCUT2D eigenvalue weighted by atomic mass is 10.1. The number of hydrogen-bond acceptors (Lipinski definition) is 4. The number of carbonyl (C=O) groups is 2. The molecule has 0 radical (unpaired) electrons. The summed E-state index contributed by atoms with van der Waals surface area (Å²) in [6, 6.07) is 6.85. The number of ether oxygens (including phenoxy) is 1. The van der Waals surface area contributed by atoms with E-state index in [4.69, 9.17) is 10.5 Å². The van der Waals surface area contributed by atoms with E-state index in [0.29, 0.717) is 37.6 Å². The number of benzene rings is 1. The molecule has 1 rings (SSSR count). The van der Waals surface area contributed by atoms with Crippen molar-refractivity contribution in [2.45, 2.75) is 13.3 Å². The predicted octanol–water partition coefficient (Wildman–Crippen LogP) is 0.740. The van der Waals surface area contributed by atoms with E-state index in [1.54, 1.807) is 24.3 Å². The third-order valence-corrected chi connectivity index (χ3v) is 2.55. The fourth-order valence-corrected chi connectivity index (χ4v) is 1.59. The first-order valence-corrected chi connectivity index (χ1v) is 6.64. The molecule has 0 aliphatic carbocycles. The number of rotatable bonds is 8. The van der Waals surface area contributed by atoms with Crippen molar-refractivity contribution in [1.82, 2.24) is 5.32 Å². The van der Waals surface area contributed by atoms with Gasteiger partial charge in [0.2, 0.25) is 5.91 Å². The Balaban J connectivity index is 2.65. The topological polar surface area (TPSA) is 93.4 Å². The van der Waals surface area contributed by atoms with Crippen LogP contribution in [0.5, 0.6) is 0 Å². The van der Waals surface area contributed by atoms with Gasteiger partial charge >= 0.3 is 0 Å². The van der Waals surface area contributed by atoms with Crippen LogP contribution in [0.25, 0.3) is 0 Å². The minimum Gasteiger partial charge on any atom is -0.381 e. The molecule has 0 fully saturated rings. The second kappa shape index (κ2) is 9.06. The molecule has 0 bridgehead atoms. The van der Waals surface area contributed by atoms with Crippen LogP contribution in [0.4, 0.5) is 5.69 Å². The van der Waals surface area contributed by atoms with Crippen LogP contribution >= 0.6 is 0 Å². The first kappa shape index (κ1) is 16.1. The van der Waals surface area contributed by atoms with Crippen molar-refractivity contribution in [3.05, 3.63) is 29.8 Å². The molecule has 110 valence electrons. The molecule has 0 saturated carbocycles. The summed E-state index contributed by atoms with van der Waals surface area (Å²) in [4.78, 5) is 23.7. The van der Waals surface area contributed by atoms with Gasteiger partial charge in [-0.05, 0) is 19.1 Å². The number of para-hydroxylation sites is 1. The smallest absolute Gasteiger partial charge is 0.253 e. The summed E-state index contributed by atoms with van der Waals surface area (Å²) in [7, 11) is 0. The fourth-order valence-electron chi connectivity index (χ4n) is 1.59. The van der Waals surface area contributed by atoms with E-state index in [9.17, 15) is 9.59 Å². The van der Waals surface area contributed by atoms with Crippen LogP contribution in [0.2, 0.25) is 0 Å². The molecule has 0 unspecified atom stereocenters. The molecule has 4 N–H and O–H groups in total. The zero-order valence-corrected chi connectivity index (χ0v) is 11.6. The van der Waals surface area contributed by atoms with Crippen LogP contribution in [0.15, 0.2) is 24.3 Å². The highest BCUT2D eigenvalue weighted by molar-refractivity contribution is 6.03. The number of amides is 2. The highest BCUT2D eigenvalue weighted by atomic mass is 16.5. The molecule has 0 aliphatic rings. The summed E-state index contributed by atoms with van der Waals surface area (Å²) < 4.78 is 5.12. The zero-order valence-electron chi connectivity index (χ0n) is 11.6. The fraction of sp³-hybridized carbons (Fsp3) is 0.429. The van der Waals surface area contributed by atoms with E-state index in [1.807, 2.05) is 6.92 Å². The monoisotopic (exact) mass is 279 g/mol. The maximum atomic E-state index is 11.9.